The fourth-order valence-corrected chi connectivity index (χ4v) is 3.22. The van der Waals surface area contributed by atoms with Crippen molar-refractivity contribution in [3.05, 3.63) is 76.0 Å². The third-order valence-corrected chi connectivity index (χ3v) is 4.81. The molecule has 8 nitrogen and oxygen atoms in total. The average Bonchev–Trinajstić information content (AvgIpc) is 3.12. The molecule has 0 saturated carbocycles. The highest BCUT2D eigenvalue weighted by Crippen LogP contribution is 2.31. The number of hydrogen-bond donors (Lipinski definition) is 1. The van der Waals surface area contributed by atoms with Crippen LogP contribution in [0.15, 0.2) is 64.9 Å². The maximum atomic E-state index is 12.4. The topological polar surface area (TPSA) is 101 Å². The van der Waals surface area contributed by atoms with Crippen LogP contribution in [0.1, 0.15) is 22.8 Å². The van der Waals surface area contributed by atoms with Gasteiger partial charge in [-0.25, -0.2) is 4.79 Å². The maximum absolute atomic E-state index is 12.4. The van der Waals surface area contributed by atoms with Crippen molar-refractivity contribution >= 4 is 41.2 Å². The van der Waals surface area contributed by atoms with E-state index in [9.17, 15) is 9.59 Å². The number of carbonyl (C=O) groups excluding carboxylic acids is 2. The smallest absolute Gasteiger partial charge is 0.345 e. The summed E-state index contributed by atoms with van der Waals surface area (Å²) < 4.78 is 10.8. The van der Waals surface area contributed by atoms with Gasteiger partial charge in [0.25, 0.3) is 5.91 Å². The third-order valence-electron chi connectivity index (χ3n) is 4.48. The lowest BCUT2D eigenvalue weighted by molar-refractivity contribution is -0.114. The number of esters is 1. The summed E-state index contributed by atoms with van der Waals surface area (Å²) in [7, 11) is 1.43. The van der Waals surface area contributed by atoms with Crippen molar-refractivity contribution in [1.82, 2.24) is 5.06 Å². The molecule has 31 heavy (non-hydrogen) atoms. The largest absolute Gasteiger partial charge is 0.493 e. The molecule has 2 aliphatic rings. The van der Waals surface area contributed by atoms with Gasteiger partial charge in [0.1, 0.15) is 5.76 Å². The van der Waals surface area contributed by atoms with Crippen LogP contribution in [0, 0.1) is 5.41 Å². The van der Waals surface area contributed by atoms with E-state index in [1.54, 1.807) is 49.4 Å². The summed E-state index contributed by atoms with van der Waals surface area (Å²) in [4.78, 5) is 34.2. The zero-order valence-corrected chi connectivity index (χ0v) is 17.3. The molecule has 9 heteroatoms. The minimum atomic E-state index is -0.629. The van der Waals surface area contributed by atoms with Crippen LogP contribution < -0.4 is 9.47 Å². The molecular weight excluding hydrogens is 422 g/mol. The van der Waals surface area contributed by atoms with E-state index in [0.29, 0.717) is 11.3 Å². The molecule has 1 amide bonds. The first kappa shape index (κ1) is 20.4. The molecule has 156 valence electrons. The number of hydroxylamine groups is 2. The van der Waals surface area contributed by atoms with Crippen molar-refractivity contribution in [1.29, 1.82) is 5.41 Å². The number of amidine groups is 2. The number of nitrogens with one attached hydrogen (secondary N) is 1. The van der Waals surface area contributed by atoms with E-state index >= 15 is 0 Å². The number of rotatable bonds is 4. The predicted octanol–water partition coefficient (Wildman–Crippen LogP) is 4.02. The predicted molar refractivity (Wildman–Crippen MR) is 114 cm³/mol. The number of hydrogen-bond acceptors (Lipinski definition) is 6. The molecule has 2 aromatic carbocycles. The lowest BCUT2D eigenvalue weighted by atomic mass is 10.1. The highest BCUT2D eigenvalue weighted by atomic mass is 35.5. The second-order valence-corrected chi connectivity index (χ2v) is 7.01. The van der Waals surface area contributed by atoms with E-state index in [2.05, 4.69) is 4.99 Å². The van der Waals surface area contributed by atoms with Gasteiger partial charge in [-0.3, -0.25) is 10.2 Å². The third kappa shape index (κ3) is 3.93. The zero-order chi connectivity index (χ0) is 22.1. The van der Waals surface area contributed by atoms with Crippen LogP contribution >= 0.6 is 11.6 Å². The van der Waals surface area contributed by atoms with Gasteiger partial charge in [-0.2, -0.15) is 4.99 Å². The van der Waals surface area contributed by atoms with Crippen molar-refractivity contribution in [3.8, 4) is 11.5 Å². The van der Waals surface area contributed by atoms with Crippen LogP contribution in [0.2, 0.25) is 5.02 Å². The van der Waals surface area contributed by atoms with E-state index in [0.717, 1.165) is 0 Å². The molecule has 0 saturated heterocycles. The Balaban J connectivity index is 1.60. The molecule has 0 radical (unpaired) electrons. The summed E-state index contributed by atoms with van der Waals surface area (Å²) in [5.74, 6) is -0.0651. The first-order valence-corrected chi connectivity index (χ1v) is 9.50. The lowest BCUT2D eigenvalue weighted by Gasteiger charge is -2.23. The molecule has 0 aliphatic carbocycles. The van der Waals surface area contributed by atoms with E-state index in [4.69, 9.17) is 31.3 Å². The van der Waals surface area contributed by atoms with E-state index in [1.165, 1.54) is 24.3 Å². The highest BCUT2D eigenvalue weighted by Gasteiger charge is 2.34. The Labute approximate surface area is 182 Å². The lowest BCUT2D eigenvalue weighted by Crippen LogP contribution is -2.38. The standard InChI is InChI=1S/C22H16ClN3O5/c1-12-9-19-25-21(27)15(20(24)26(19)31-12)10-13-7-8-17(18(11-13)29-2)30-22(28)14-5-3-4-6-16(14)23/h3-11,24H,1-2H3/b15-10-,24-20?. The van der Waals surface area contributed by atoms with Crippen molar-refractivity contribution < 1.29 is 23.9 Å². The van der Waals surface area contributed by atoms with Gasteiger partial charge in [-0.1, -0.05) is 29.8 Å². The monoisotopic (exact) mass is 437 g/mol. The van der Waals surface area contributed by atoms with Gasteiger partial charge in [0, 0.05) is 6.08 Å². The van der Waals surface area contributed by atoms with Crippen LogP contribution in [0.4, 0.5) is 0 Å². The van der Waals surface area contributed by atoms with E-state index < -0.39 is 11.9 Å². The quantitative estimate of drug-likeness (QED) is 0.440. The average molecular weight is 438 g/mol. The Hall–Kier alpha value is -3.91. The van der Waals surface area contributed by atoms with Gasteiger partial charge in [-0.15, -0.1) is 5.06 Å². The molecule has 4 rings (SSSR count). The summed E-state index contributed by atoms with van der Waals surface area (Å²) in [5.41, 5.74) is 0.821. The number of fused-ring (bicyclic) bond motifs is 1. The molecule has 2 aromatic rings. The number of benzene rings is 2. The van der Waals surface area contributed by atoms with Gasteiger partial charge in [0.15, 0.2) is 23.2 Å². The fourth-order valence-electron chi connectivity index (χ4n) is 3.01. The number of methoxy groups -OCH3 is 1. The first-order valence-electron chi connectivity index (χ1n) is 9.12. The normalized spacial score (nSPS) is 16.5. The van der Waals surface area contributed by atoms with Gasteiger partial charge in [-0.05, 0) is 42.8 Å². The molecule has 1 N–H and O–H groups in total. The van der Waals surface area contributed by atoms with Crippen LogP contribution in [-0.2, 0) is 9.63 Å². The first-order chi connectivity index (χ1) is 14.9. The Morgan fingerprint density at radius 3 is 2.74 bits per heavy atom. The molecule has 0 atom stereocenters. The molecule has 0 unspecified atom stereocenters. The molecule has 0 fully saturated rings. The number of aliphatic imine (C=N–C) groups is 1. The summed E-state index contributed by atoms with van der Waals surface area (Å²) >= 11 is 6.05. The molecule has 2 aliphatic heterocycles. The van der Waals surface area contributed by atoms with Gasteiger partial charge >= 0.3 is 5.97 Å². The number of carbonyl (C=O) groups is 2. The van der Waals surface area contributed by atoms with E-state index in [1.807, 2.05) is 0 Å². The van der Waals surface area contributed by atoms with Crippen LogP contribution in [0.25, 0.3) is 6.08 Å². The maximum Gasteiger partial charge on any atom is 0.345 e. The summed E-state index contributed by atoms with van der Waals surface area (Å²) in [6.45, 7) is 1.70. The van der Waals surface area contributed by atoms with Crippen LogP contribution in [0.5, 0.6) is 11.5 Å². The summed E-state index contributed by atoms with van der Waals surface area (Å²) in [6.07, 6.45) is 3.07. The van der Waals surface area contributed by atoms with Gasteiger partial charge < -0.3 is 14.3 Å². The number of nitrogens with zero attached hydrogens (tertiary/aromatic N) is 2. The van der Waals surface area contributed by atoms with Crippen LogP contribution in [-0.4, -0.2) is 35.7 Å². The number of amides is 1. The van der Waals surface area contributed by atoms with Crippen molar-refractivity contribution in [2.45, 2.75) is 6.92 Å². The SMILES string of the molecule is COc1cc(/C=C2/C(=N)N3OC(C)=CC3=NC2=O)ccc1OC(=O)c1ccccc1Cl. The molecular formula is C22H16ClN3O5. The Morgan fingerprint density at radius 2 is 2.00 bits per heavy atom. The van der Waals surface area contributed by atoms with E-state index in [-0.39, 0.29) is 39.3 Å². The zero-order valence-electron chi connectivity index (χ0n) is 16.5. The Morgan fingerprint density at radius 1 is 1.23 bits per heavy atom. The minimum Gasteiger partial charge on any atom is -0.493 e. The summed E-state index contributed by atoms with van der Waals surface area (Å²) in [5, 5.41) is 9.73. The number of ether oxygens (including phenoxy) is 2. The minimum absolute atomic E-state index is 0.0507. The van der Waals surface area contributed by atoms with Crippen molar-refractivity contribution in [2.24, 2.45) is 4.99 Å². The number of halogens is 1. The molecule has 0 spiro atoms. The Bertz CT molecular complexity index is 1220. The van der Waals surface area contributed by atoms with Gasteiger partial charge in [0.2, 0.25) is 0 Å². The molecule has 0 bridgehead atoms. The molecule has 0 aromatic heterocycles. The fraction of sp³-hybridized carbons (Fsp3) is 0.0909. The van der Waals surface area contributed by atoms with Crippen molar-refractivity contribution in [2.75, 3.05) is 7.11 Å². The number of allylic oxidation sites excluding steroid dienone is 1. The summed E-state index contributed by atoms with van der Waals surface area (Å²) in [6, 6.07) is 11.3. The molecule has 2 heterocycles. The highest BCUT2D eigenvalue weighted by molar-refractivity contribution is 6.33. The van der Waals surface area contributed by atoms with Crippen LogP contribution in [0.3, 0.4) is 0 Å². The second-order valence-electron chi connectivity index (χ2n) is 6.60. The Kier molecular flexibility index (Phi) is 5.31. The van der Waals surface area contributed by atoms with Gasteiger partial charge in [0.05, 0.1) is 23.3 Å². The van der Waals surface area contributed by atoms with Crippen molar-refractivity contribution in [3.63, 3.8) is 0 Å². The second kappa shape index (κ2) is 8.08.